The monoisotopic (exact) mass is 630 g/mol. The second-order valence-corrected chi connectivity index (χ2v) is 10.9. The van der Waals surface area contributed by atoms with Crippen LogP contribution in [0.3, 0.4) is 0 Å². The molecule has 1 amide bonds. The van der Waals surface area contributed by atoms with Crippen molar-refractivity contribution in [3.05, 3.63) is 105 Å². The Bertz CT molecular complexity index is 2090. The highest BCUT2D eigenvalue weighted by atomic mass is 19.1. The number of carbonyl (C=O) groups excluding carboxylic acids is 1. The van der Waals surface area contributed by atoms with Crippen LogP contribution in [0.1, 0.15) is 24.2 Å². The zero-order chi connectivity index (χ0) is 32.5. The highest BCUT2D eigenvalue weighted by Gasteiger charge is 2.25. The average molecular weight is 631 g/mol. The van der Waals surface area contributed by atoms with Gasteiger partial charge in [-0.3, -0.25) is 14.6 Å². The molecule has 1 aliphatic rings. The Hall–Kier alpha value is -5.72. The van der Waals surface area contributed by atoms with Gasteiger partial charge in [-0.15, -0.1) is 0 Å². The van der Waals surface area contributed by atoms with Gasteiger partial charge in [0.2, 0.25) is 5.75 Å². The molecule has 13 heteroatoms. The van der Waals surface area contributed by atoms with Crippen molar-refractivity contribution in [3.8, 4) is 34.4 Å². The summed E-state index contributed by atoms with van der Waals surface area (Å²) in [7, 11) is 1.36. The SMILES string of the molecule is CC(C)COc1cc2nccc(Oc3ccc(NC(=O)c4cn(C)c(=O)n(-c5ccc(F)cc5)c4=O)cc3F)c2c2c1OCCO2. The summed E-state index contributed by atoms with van der Waals surface area (Å²) in [6.45, 7) is 5.12. The maximum absolute atomic E-state index is 15.4. The molecule has 11 nitrogen and oxygen atoms in total. The number of aryl methyl sites for hydroxylation is 1. The summed E-state index contributed by atoms with van der Waals surface area (Å²) < 4.78 is 54.3. The van der Waals surface area contributed by atoms with Crippen molar-refractivity contribution in [3.63, 3.8) is 0 Å². The molecule has 0 bridgehead atoms. The Morgan fingerprint density at radius 3 is 2.43 bits per heavy atom. The van der Waals surface area contributed by atoms with Crippen LogP contribution in [-0.4, -0.2) is 39.8 Å². The number of benzene rings is 3. The van der Waals surface area contributed by atoms with Gasteiger partial charge in [0, 0.05) is 37.3 Å². The number of anilines is 1. The Morgan fingerprint density at radius 2 is 1.72 bits per heavy atom. The molecule has 0 saturated carbocycles. The average Bonchev–Trinajstić information content (AvgIpc) is 3.03. The van der Waals surface area contributed by atoms with Gasteiger partial charge in [-0.2, -0.15) is 0 Å². The predicted molar refractivity (Wildman–Crippen MR) is 165 cm³/mol. The Kier molecular flexibility index (Phi) is 8.14. The first kappa shape index (κ1) is 30.3. The number of pyridine rings is 1. The highest BCUT2D eigenvalue weighted by molar-refractivity contribution is 6.04. The van der Waals surface area contributed by atoms with E-state index in [0.717, 1.165) is 33.5 Å². The van der Waals surface area contributed by atoms with Gasteiger partial charge in [-0.25, -0.2) is 18.1 Å². The summed E-state index contributed by atoms with van der Waals surface area (Å²) in [5.41, 5.74) is -1.45. The van der Waals surface area contributed by atoms with Crippen LogP contribution in [0.15, 0.2) is 76.6 Å². The first-order valence-electron chi connectivity index (χ1n) is 14.3. The van der Waals surface area contributed by atoms with Gasteiger partial charge in [0.25, 0.3) is 11.5 Å². The van der Waals surface area contributed by atoms with Crippen molar-refractivity contribution < 1.29 is 32.5 Å². The molecule has 0 aliphatic carbocycles. The summed E-state index contributed by atoms with van der Waals surface area (Å²) in [4.78, 5) is 43.4. The Morgan fingerprint density at radius 1 is 0.978 bits per heavy atom. The highest BCUT2D eigenvalue weighted by Crippen LogP contribution is 2.48. The normalized spacial score (nSPS) is 12.3. The molecule has 1 aliphatic heterocycles. The molecule has 2 aromatic heterocycles. The molecule has 0 radical (unpaired) electrons. The van der Waals surface area contributed by atoms with E-state index in [-0.39, 0.29) is 41.0 Å². The van der Waals surface area contributed by atoms with Crippen molar-refractivity contribution in [2.75, 3.05) is 25.1 Å². The largest absolute Gasteiger partial charge is 0.489 e. The maximum atomic E-state index is 15.4. The molecular weight excluding hydrogens is 602 g/mol. The first-order valence-corrected chi connectivity index (χ1v) is 14.3. The number of hydrogen-bond acceptors (Lipinski definition) is 8. The number of fused-ring (bicyclic) bond motifs is 3. The summed E-state index contributed by atoms with van der Waals surface area (Å²) in [6, 6.07) is 11.7. The number of aromatic nitrogens is 3. The van der Waals surface area contributed by atoms with E-state index in [1.54, 1.807) is 12.1 Å². The number of hydrogen-bond donors (Lipinski definition) is 1. The fourth-order valence-electron chi connectivity index (χ4n) is 4.84. The van der Waals surface area contributed by atoms with E-state index in [0.29, 0.717) is 41.4 Å². The number of carbonyl (C=O) groups is 1. The third-order valence-corrected chi connectivity index (χ3v) is 7.00. The molecule has 3 heterocycles. The minimum atomic E-state index is -0.926. The molecule has 5 aromatic rings. The Labute approximate surface area is 260 Å². The van der Waals surface area contributed by atoms with Gasteiger partial charge in [-0.1, -0.05) is 13.8 Å². The molecule has 0 atom stereocenters. The third-order valence-electron chi connectivity index (χ3n) is 7.00. The van der Waals surface area contributed by atoms with Crippen LogP contribution >= 0.6 is 0 Å². The van der Waals surface area contributed by atoms with Gasteiger partial charge in [0.15, 0.2) is 23.1 Å². The summed E-state index contributed by atoms with van der Waals surface area (Å²) in [5, 5.41) is 2.95. The van der Waals surface area contributed by atoms with E-state index < -0.39 is 28.8 Å². The first-order chi connectivity index (χ1) is 22.1. The number of rotatable bonds is 8. The molecule has 6 rings (SSSR count). The molecule has 1 N–H and O–H groups in total. The summed E-state index contributed by atoms with van der Waals surface area (Å²) >= 11 is 0. The lowest BCUT2D eigenvalue weighted by atomic mass is 10.1. The fraction of sp³-hybridized carbons (Fsp3) is 0.212. The van der Waals surface area contributed by atoms with Crippen molar-refractivity contribution in [2.45, 2.75) is 13.8 Å². The quantitative estimate of drug-likeness (QED) is 0.248. The molecule has 0 saturated heterocycles. The summed E-state index contributed by atoms with van der Waals surface area (Å²) in [5.74, 6) is -0.617. The number of ether oxygens (including phenoxy) is 4. The molecule has 236 valence electrons. The Balaban J connectivity index is 1.28. The van der Waals surface area contributed by atoms with Crippen molar-refractivity contribution in [1.29, 1.82) is 0 Å². The number of nitrogens with zero attached hydrogens (tertiary/aromatic N) is 3. The zero-order valence-electron chi connectivity index (χ0n) is 25.0. The van der Waals surface area contributed by atoms with Gasteiger partial charge < -0.3 is 28.8 Å². The standard InChI is InChI=1S/C33H28F2N4O7/c1-18(2)17-45-27-15-24-28(30-29(27)43-12-13-44-30)26(10-11-36-24)46-25-9-6-20(14-23(25)35)37-31(40)22-16-38(3)33(42)39(32(22)41)21-7-4-19(34)5-8-21/h4-11,14-16,18H,12-13,17H2,1-3H3,(H,37,40). The van der Waals surface area contributed by atoms with E-state index in [1.165, 1.54) is 37.5 Å². The second kappa shape index (κ2) is 12.3. The molecule has 46 heavy (non-hydrogen) atoms. The molecule has 0 spiro atoms. The van der Waals surface area contributed by atoms with Crippen LogP contribution in [-0.2, 0) is 7.05 Å². The smallest absolute Gasteiger partial charge is 0.335 e. The fourth-order valence-corrected chi connectivity index (χ4v) is 4.84. The lowest BCUT2D eigenvalue weighted by molar-refractivity contribution is 0.102. The molecular formula is C33H28F2N4O7. The summed E-state index contributed by atoms with van der Waals surface area (Å²) in [6.07, 6.45) is 2.59. The van der Waals surface area contributed by atoms with Crippen LogP contribution in [0, 0.1) is 17.6 Å². The van der Waals surface area contributed by atoms with Crippen molar-refractivity contribution >= 4 is 22.5 Å². The maximum Gasteiger partial charge on any atom is 0.335 e. The van der Waals surface area contributed by atoms with E-state index in [2.05, 4.69) is 10.3 Å². The van der Waals surface area contributed by atoms with Gasteiger partial charge in [-0.05, 0) is 48.4 Å². The molecule has 0 fully saturated rings. The lowest BCUT2D eigenvalue weighted by Gasteiger charge is -2.24. The minimum Gasteiger partial charge on any atom is -0.489 e. The third kappa shape index (κ3) is 5.86. The lowest BCUT2D eigenvalue weighted by Crippen LogP contribution is -2.41. The van der Waals surface area contributed by atoms with Gasteiger partial charge in [0.05, 0.1) is 23.2 Å². The van der Waals surface area contributed by atoms with Crippen LogP contribution in [0.25, 0.3) is 16.6 Å². The van der Waals surface area contributed by atoms with E-state index in [9.17, 15) is 18.8 Å². The van der Waals surface area contributed by atoms with E-state index in [1.807, 2.05) is 13.8 Å². The van der Waals surface area contributed by atoms with Crippen LogP contribution in [0.4, 0.5) is 14.5 Å². The van der Waals surface area contributed by atoms with Crippen LogP contribution in [0.2, 0.25) is 0 Å². The number of amides is 1. The van der Waals surface area contributed by atoms with Crippen LogP contribution in [0.5, 0.6) is 28.7 Å². The number of halogens is 2. The van der Waals surface area contributed by atoms with Gasteiger partial charge >= 0.3 is 5.69 Å². The molecule has 3 aromatic carbocycles. The predicted octanol–water partition coefficient (Wildman–Crippen LogP) is 5.21. The van der Waals surface area contributed by atoms with Gasteiger partial charge in [0.1, 0.15) is 30.3 Å². The van der Waals surface area contributed by atoms with E-state index in [4.69, 9.17) is 18.9 Å². The molecule has 0 unspecified atom stereocenters. The van der Waals surface area contributed by atoms with Crippen molar-refractivity contribution in [2.24, 2.45) is 13.0 Å². The minimum absolute atomic E-state index is 0.0251. The number of nitrogens with one attached hydrogen (secondary N) is 1. The second-order valence-electron chi connectivity index (χ2n) is 10.9. The van der Waals surface area contributed by atoms with E-state index >= 15 is 4.39 Å². The van der Waals surface area contributed by atoms with Crippen LogP contribution < -0.4 is 35.5 Å². The topological polar surface area (TPSA) is 123 Å². The van der Waals surface area contributed by atoms with Crippen molar-refractivity contribution in [1.82, 2.24) is 14.1 Å². The zero-order valence-corrected chi connectivity index (χ0v) is 25.0.